The number of carbonyl (C=O) groups is 2. The first-order chi connectivity index (χ1) is 6.57. The number of nitrogens with one attached hydrogen (secondary N) is 1. The average Bonchev–Trinajstić information content (AvgIpc) is 1.98. The van der Waals surface area contributed by atoms with Crippen molar-refractivity contribution >= 4 is 22.0 Å². The lowest BCUT2D eigenvalue weighted by Crippen LogP contribution is -2.42. The smallest absolute Gasteiger partial charge is 0.311 e. The highest BCUT2D eigenvalue weighted by Gasteiger charge is 2.36. The molecule has 15 heavy (non-hydrogen) atoms. The maximum absolute atomic E-state index is 10.8. The van der Waals surface area contributed by atoms with Crippen molar-refractivity contribution in [2.24, 2.45) is 5.41 Å². The van der Waals surface area contributed by atoms with Gasteiger partial charge in [-0.25, -0.2) is 13.1 Å². The zero-order valence-electron chi connectivity index (χ0n) is 8.35. The van der Waals surface area contributed by atoms with Gasteiger partial charge in [-0.15, -0.1) is 0 Å². The fourth-order valence-electron chi connectivity index (χ4n) is 0.838. The lowest BCUT2D eigenvalue weighted by Gasteiger charge is -2.22. The molecule has 0 spiro atoms. The first-order valence-corrected chi connectivity index (χ1v) is 5.86. The van der Waals surface area contributed by atoms with E-state index in [1.54, 1.807) is 0 Å². The van der Waals surface area contributed by atoms with Crippen LogP contribution in [0.25, 0.3) is 0 Å². The Labute approximate surface area is 87.2 Å². The Bertz CT molecular complexity index is 362. The minimum Gasteiger partial charge on any atom is -0.481 e. The first kappa shape index (κ1) is 13.8. The van der Waals surface area contributed by atoms with Crippen molar-refractivity contribution in [2.75, 3.05) is 12.8 Å². The monoisotopic (exact) mass is 239 g/mol. The molecular formula is C7H13NO6S. The van der Waals surface area contributed by atoms with E-state index < -0.39 is 40.3 Å². The van der Waals surface area contributed by atoms with E-state index in [4.69, 9.17) is 10.2 Å². The summed E-state index contributed by atoms with van der Waals surface area (Å²) in [5.74, 6) is -2.66. The number of carboxylic acids is 2. The molecule has 88 valence electrons. The highest BCUT2D eigenvalue weighted by molar-refractivity contribution is 7.88. The fourth-order valence-corrected chi connectivity index (χ4v) is 1.42. The molecule has 0 aromatic carbocycles. The topological polar surface area (TPSA) is 121 Å². The van der Waals surface area contributed by atoms with Gasteiger partial charge in [0, 0.05) is 6.54 Å². The average molecular weight is 239 g/mol. The predicted octanol–water partition coefficient (Wildman–Crippen LogP) is -0.899. The maximum atomic E-state index is 10.8. The maximum Gasteiger partial charge on any atom is 0.311 e. The zero-order valence-corrected chi connectivity index (χ0v) is 9.17. The molecule has 1 unspecified atom stereocenters. The Hall–Kier alpha value is -1.15. The summed E-state index contributed by atoms with van der Waals surface area (Å²) in [5.41, 5.74) is -1.64. The van der Waals surface area contributed by atoms with E-state index in [2.05, 4.69) is 0 Å². The van der Waals surface area contributed by atoms with Gasteiger partial charge in [0.2, 0.25) is 10.0 Å². The first-order valence-electron chi connectivity index (χ1n) is 3.97. The fraction of sp³-hybridized carbons (Fsp3) is 0.714. The van der Waals surface area contributed by atoms with Gasteiger partial charge in [0.25, 0.3) is 0 Å². The lowest BCUT2D eigenvalue weighted by molar-refractivity contribution is -0.154. The second kappa shape index (κ2) is 4.58. The third-order valence-corrected chi connectivity index (χ3v) is 2.45. The Morgan fingerprint density at radius 2 is 1.80 bits per heavy atom. The molecular weight excluding hydrogens is 226 g/mol. The normalized spacial score (nSPS) is 15.6. The third-order valence-electron chi connectivity index (χ3n) is 1.78. The van der Waals surface area contributed by atoms with Gasteiger partial charge in [-0.05, 0) is 6.92 Å². The van der Waals surface area contributed by atoms with E-state index in [0.29, 0.717) is 0 Å². The molecule has 0 amide bonds. The van der Waals surface area contributed by atoms with Crippen LogP contribution in [0.15, 0.2) is 0 Å². The largest absolute Gasteiger partial charge is 0.481 e. The van der Waals surface area contributed by atoms with Gasteiger partial charge in [-0.1, -0.05) is 0 Å². The number of hydrogen-bond acceptors (Lipinski definition) is 4. The number of rotatable bonds is 6. The van der Waals surface area contributed by atoms with Crippen LogP contribution < -0.4 is 4.72 Å². The van der Waals surface area contributed by atoms with Crippen molar-refractivity contribution in [1.82, 2.24) is 4.72 Å². The Morgan fingerprint density at radius 3 is 2.07 bits per heavy atom. The summed E-state index contributed by atoms with van der Waals surface area (Å²) in [4.78, 5) is 21.2. The van der Waals surface area contributed by atoms with E-state index >= 15 is 0 Å². The minimum absolute atomic E-state index is 0.451. The van der Waals surface area contributed by atoms with Crippen molar-refractivity contribution in [3.63, 3.8) is 0 Å². The third kappa shape index (κ3) is 5.33. The molecule has 0 aliphatic carbocycles. The second-order valence-corrected chi connectivity index (χ2v) is 5.36. The highest BCUT2D eigenvalue weighted by atomic mass is 32.2. The molecule has 0 aliphatic rings. The van der Waals surface area contributed by atoms with Crippen LogP contribution in [-0.2, 0) is 19.6 Å². The van der Waals surface area contributed by atoms with Crippen molar-refractivity contribution in [1.29, 1.82) is 0 Å². The molecule has 0 heterocycles. The van der Waals surface area contributed by atoms with Gasteiger partial charge >= 0.3 is 11.9 Å². The second-order valence-electron chi connectivity index (χ2n) is 3.53. The van der Waals surface area contributed by atoms with E-state index in [9.17, 15) is 18.0 Å². The molecule has 7 nitrogen and oxygen atoms in total. The SMILES string of the molecule is CC(CNS(C)(=O)=O)(CC(=O)O)C(=O)O. The van der Waals surface area contributed by atoms with Gasteiger partial charge < -0.3 is 10.2 Å². The summed E-state index contributed by atoms with van der Waals surface area (Å²) >= 11 is 0. The number of carboxylic acid groups (broad SMARTS) is 2. The van der Waals surface area contributed by atoms with Gasteiger partial charge in [-0.3, -0.25) is 9.59 Å². The van der Waals surface area contributed by atoms with Crippen molar-refractivity contribution in [3.05, 3.63) is 0 Å². The molecule has 0 saturated heterocycles. The Kier molecular flexibility index (Phi) is 4.23. The molecule has 0 rings (SSSR count). The molecule has 0 saturated carbocycles. The van der Waals surface area contributed by atoms with Crippen LogP contribution in [0.2, 0.25) is 0 Å². The van der Waals surface area contributed by atoms with Gasteiger partial charge in [0.1, 0.15) is 0 Å². The summed E-state index contributed by atoms with van der Waals surface area (Å²) in [7, 11) is -3.53. The molecule has 1 atom stereocenters. The van der Waals surface area contributed by atoms with Crippen LogP contribution in [0.5, 0.6) is 0 Å². The summed E-state index contributed by atoms with van der Waals surface area (Å²) < 4.78 is 23.4. The molecule has 3 N–H and O–H groups in total. The Morgan fingerprint density at radius 1 is 1.33 bits per heavy atom. The van der Waals surface area contributed by atoms with Gasteiger partial charge in [-0.2, -0.15) is 0 Å². The quantitative estimate of drug-likeness (QED) is 0.552. The van der Waals surface area contributed by atoms with E-state index in [0.717, 1.165) is 6.26 Å². The highest BCUT2D eigenvalue weighted by Crippen LogP contribution is 2.20. The summed E-state index contributed by atoms with van der Waals surface area (Å²) in [5, 5.41) is 17.3. The van der Waals surface area contributed by atoms with Crippen LogP contribution in [-0.4, -0.2) is 43.4 Å². The number of hydrogen-bond donors (Lipinski definition) is 3. The number of aliphatic carboxylic acids is 2. The zero-order chi connectivity index (χ0) is 12.3. The number of sulfonamides is 1. The minimum atomic E-state index is -3.53. The van der Waals surface area contributed by atoms with Gasteiger partial charge in [0.05, 0.1) is 18.1 Å². The molecule has 0 aromatic rings. The van der Waals surface area contributed by atoms with Crippen LogP contribution in [0, 0.1) is 5.41 Å². The van der Waals surface area contributed by atoms with Crippen LogP contribution in [0.1, 0.15) is 13.3 Å². The van der Waals surface area contributed by atoms with Crippen molar-refractivity contribution in [3.8, 4) is 0 Å². The standard InChI is InChI=1S/C7H13NO6S/c1-7(6(11)12,3-5(9)10)4-8-15(2,13)14/h8H,3-4H2,1-2H3,(H,9,10)(H,11,12). The summed E-state index contributed by atoms with van der Waals surface area (Å²) in [6.45, 7) is 0.717. The molecule has 0 radical (unpaired) electrons. The molecule has 0 aliphatic heterocycles. The van der Waals surface area contributed by atoms with Crippen molar-refractivity contribution in [2.45, 2.75) is 13.3 Å². The van der Waals surface area contributed by atoms with E-state index in [1.807, 2.05) is 4.72 Å². The van der Waals surface area contributed by atoms with Crippen molar-refractivity contribution < 1.29 is 28.2 Å². The summed E-state index contributed by atoms with van der Waals surface area (Å²) in [6.07, 6.45) is 0.223. The summed E-state index contributed by atoms with van der Waals surface area (Å²) in [6, 6.07) is 0. The van der Waals surface area contributed by atoms with E-state index in [1.165, 1.54) is 6.92 Å². The Balaban J connectivity index is 4.67. The van der Waals surface area contributed by atoms with Crippen LogP contribution >= 0.6 is 0 Å². The van der Waals surface area contributed by atoms with E-state index in [-0.39, 0.29) is 0 Å². The molecule has 0 aromatic heterocycles. The molecule has 0 bridgehead atoms. The molecule has 0 fully saturated rings. The van der Waals surface area contributed by atoms with Crippen LogP contribution in [0.4, 0.5) is 0 Å². The lowest BCUT2D eigenvalue weighted by atomic mass is 9.87. The predicted molar refractivity (Wildman–Crippen MR) is 50.8 cm³/mol. The van der Waals surface area contributed by atoms with Gasteiger partial charge in [0.15, 0.2) is 0 Å². The van der Waals surface area contributed by atoms with Crippen LogP contribution in [0.3, 0.4) is 0 Å². The molecule has 8 heteroatoms.